The Morgan fingerprint density at radius 2 is 1.65 bits per heavy atom. The summed E-state index contributed by atoms with van der Waals surface area (Å²) in [6.07, 6.45) is -6.37. The van der Waals surface area contributed by atoms with E-state index >= 15 is 0 Å². The van der Waals surface area contributed by atoms with Gasteiger partial charge in [0.2, 0.25) is 5.91 Å². The molecule has 184 valence electrons. The van der Waals surface area contributed by atoms with E-state index in [-0.39, 0.29) is 18.7 Å². The summed E-state index contributed by atoms with van der Waals surface area (Å²) in [6, 6.07) is 1.58. The van der Waals surface area contributed by atoms with Crippen molar-refractivity contribution in [2.24, 2.45) is 0 Å². The average Bonchev–Trinajstić information content (AvgIpc) is 3.38. The van der Waals surface area contributed by atoms with Crippen LogP contribution in [0.4, 0.5) is 26.3 Å². The van der Waals surface area contributed by atoms with E-state index in [1.807, 2.05) is 0 Å². The first-order valence-electron chi connectivity index (χ1n) is 9.92. The summed E-state index contributed by atoms with van der Waals surface area (Å²) < 4.78 is 75.8. The molecule has 3 rings (SSSR count). The molecule has 3 aromatic heterocycles. The first kappa shape index (κ1) is 25.0. The predicted molar refractivity (Wildman–Crippen MR) is 104 cm³/mol. The Labute approximate surface area is 188 Å². The van der Waals surface area contributed by atoms with Crippen molar-refractivity contribution in [1.29, 1.82) is 0 Å². The zero-order valence-electron chi connectivity index (χ0n) is 17.4. The van der Waals surface area contributed by atoms with E-state index in [1.165, 1.54) is 23.1 Å². The van der Waals surface area contributed by atoms with Crippen molar-refractivity contribution >= 4 is 17.5 Å². The molecule has 3 aromatic rings. The predicted octanol–water partition coefficient (Wildman–Crippen LogP) is 2.77. The molecule has 0 aliphatic heterocycles. The van der Waals surface area contributed by atoms with E-state index in [2.05, 4.69) is 25.8 Å². The molecule has 0 unspecified atom stereocenters. The number of aromatic nitrogens is 5. The molecule has 0 saturated heterocycles. The second-order valence-electron chi connectivity index (χ2n) is 7.33. The summed E-state index contributed by atoms with van der Waals surface area (Å²) >= 11 is 0. The first-order chi connectivity index (χ1) is 15.9. The third kappa shape index (κ3) is 7.74. The van der Waals surface area contributed by atoms with Gasteiger partial charge in [0.25, 0.3) is 5.91 Å². The Kier molecular flexibility index (Phi) is 7.41. The number of amides is 2. The van der Waals surface area contributed by atoms with Crippen molar-refractivity contribution in [2.75, 3.05) is 0 Å². The van der Waals surface area contributed by atoms with Gasteiger partial charge in [0.15, 0.2) is 5.65 Å². The van der Waals surface area contributed by atoms with Crippen molar-refractivity contribution in [2.45, 2.75) is 51.2 Å². The minimum Gasteiger partial charge on any atom is -0.352 e. The maximum Gasteiger partial charge on any atom is 0.390 e. The number of fused-ring (bicyclic) bond motifs is 1. The van der Waals surface area contributed by atoms with Crippen LogP contribution in [0, 0.1) is 0 Å². The number of nitrogens with one attached hydrogen (secondary N) is 2. The molecule has 0 aromatic carbocycles. The Balaban J connectivity index is 1.51. The molecule has 9 nitrogen and oxygen atoms in total. The maximum absolute atomic E-state index is 12.3. The summed E-state index contributed by atoms with van der Waals surface area (Å²) in [5.41, 5.74) is 1.41. The van der Waals surface area contributed by atoms with Gasteiger partial charge in [-0.05, 0) is 11.6 Å². The lowest BCUT2D eigenvalue weighted by molar-refractivity contribution is -0.144. The number of hydrogen-bond acceptors (Lipinski definition) is 5. The number of halogens is 6. The summed E-state index contributed by atoms with van der Waals surface area (Å²) in [4.78, 5) is 28.0. The lowest BCUT2D eigenvalue weighted by Crippen LogP contribution is -2.24. The monoisotopic (exact) mass is 491 g/mol. The van der Waals surface area contributed by atoms with Gasteiger partial charge < -0.3 is 10.6 Å². The third-order valence-electron chi connectivity index (χ3n) is 4.50. The van der Waals surface area contributed by atoms with Crippen molar-refractivity contribution in [3.05, 3.63) is 47.7 Å². The van der Waals surface area contributed by atoms with Crippen LogP contribution in [0.25, 0.3) is 5.65 Å². The van der Waals surface area contributed by atoms with Gasteiger partial charge in [0.1, 0.15) is 0 Å². The van der Waals surface area contributed by atoms with Crippen LogP contribution in [0.5, 0.6) is 0 Å². The molecule has 0 bridgehead atoms. The van der Waals surface area contributed by atoms with Crippen molar-refractivity contribution in [3.63, 3.8) is 0 Å². The lowest BCUT2D eigenvalue weighted by atomic mass is 10.2. The van der Waals surface area contributed by atoms with Gasteiger partial charge in [-0.15, -0.1) is 0 Å². The number of aryl methyl sites for hydroxylation is 1. The van der Waals surface area contributed by atoms with Crippen LogP contribution in [0.15, 0.2) is 30.9 Å². The number of rotatable bonds is 9. The van der Waals surface area contributed by atoms with Crippen LogP contribution >= 0.6 is 0 Å². The van der Waals surface area contributed by atoms with Crippen LogP contribution in [0.1, 0.15) is 40.9 Å². The van der Waals surface area contributed by atoms with Crippen LogP contribution in [0.2, 0.25) is 0 Å². The molecule has 0 radical (unpaired) electrons. The van der Waals surface area contributed by atoms with Crippen molar-refractivity contribution < 1.29 is 35.9 Å². The second-order valence-corrected chi connectivity index (χ2v) is 7.33. The van der Waals surface area contributed by atoms with Gasteiger partial charge in [-0.2, -0.15) is 36.5 Å². The molecule has 0 atom stereocenters. The van der Waals surface area contributed by atoms with Gasteiger partial charge in [-0.1, -0.05) is 0 Å². The van der Waals surface area contributed by atoms with E-state index in [9.17, 15) is 35.9 Å². The molecule has 0 saturated carbocycles. The fraction of sp³-hybridized carbons (Fsp3) is 0.421. The standard InChI is InChI=1S/C19H19F6N7O2/c20-18(21,22)2-1-16(33)26-6-12-5-15-30-14(11-32(15)29-7-12)9-27-17(34)13-8-28-31(10-13)4-3-19(23,24)25/h5,7-8,10-11H,1-4,6,9H2,(H,26,33)(H,27,34). The molecular formula is C19H19F6N7O2. The largest absolute Gasteiger partial charge is 0.390 e. The number of nitrogens with zero attached hydrogens (tertiary/aromatic N) is 5. The zero-order valence-corrected chi connectivity index (χ0v) is 17.4. The molecule has 2 N–H and O–H groups in total. The first-order valence-corrected chi connectivity index (χ1v) is 9.92. The van der Waals surface area contributed by atoms with E-state index < -0.39 is 50.0 Å². The molecule has 0 spiro atoms. The van der Waals surface area contributed by atoms with Gasteiger partial charge in [-0.3, -0.25) is 14.3 Å². The van der Waals surface area contributed by atoms with Gasteiger partial charge in [-0.25, -0.2) is 9.50 Å². The minimum absolute atomic E-state index is 0.000560. The smallest absolute Gasteiger partial charge is 0.352 e. The van der Waals surface area contributed by atoms with Crippen molar-refractivity contribution in [1.82, 2.24) is 35.0 Å². The van der Waals surface area contributed by atoms with Crippen molar-refractivity contribution in [3.8, 4) is 0 Å². The number of imidazole rings is 1. The van der Waals surface area contributed by atoms with Crippen LogP contribution in [-0.2, 0) is 24.4 Å². The Bertz CT molecular complexity index is 1150. The lowest BCUT2D eigenvalue weighted by Gasteiger charge is -2.07. The number of carbonyl (C=O) groups excluding carboxylic acids is 2. The molecule has 3 heterocycles. The molecule has 0 aliphatic rings. The fourth-order valence-corrected chi connectivity index (χ4v) is 2.81. The summed E-state index contributed by atoms with van der Waals surface area (Å²) in [5.74, 6) is -1.30. The molecule has 34 heavy (non-hydrogen) atoms. The van der Waals surface area contributed by atoms with E-state index in [4.69, 9.17) is 0 Å². The van der Waals surface area contributed by atoms with E-state index in [0.717, 1.165) is 10.9 Å². The van der Waals surface area contributed by atoms with E-state index in [1.54, 1.807) is 6.07 Å². The Morgan fingerprint density at radius 3 is 2.35 bits per heavy atom. The highest BCUT2D eigenvalue weighted by atomic mass is 19.4. The Hall–Kier alpha value is -3.65. The fourth-order valence-electron chi connectivity index (χ4n) is 2.81. The quantitative estimate of drug-likeness (QED) is 0.448. The molecule has 0 fully saturated rings. The molecular weight excluding hydrogens is 472 g/mol. The van der Waals surface area contributed by atoms with Crippen LogP contribution in [-0.4, -0.2) is 48.5 Å². The Morgan fingerprint density at radius 1 is 0.912 bits per heavy atom. The SMILES string of the molecule is O=C(CCC(F)(F)F)NCc1cnn2cc(CNC(=O)c3cnn(CCC(F)(F)F)c3)nc2c1. The highest BCUT2D eigenvalue weighted by molar-refractivity contribution is 5.93. The third-order valence-corrected chi connectivity index (χ3v) is 4.50. The molecule has 2 amide bonds. The van der Waals surface area contributed by atoms with Gasteiger partial charge in [0.05, 0.1) is 49.2 Å². The van der Waals surface area contributed by atoms with Gasteiger partial charge in [0, 0.05) is 25.7 Å². The van der Waals surface area contributed by atoms with E-state index in [0.29, 0.717) is 16.9 Å². The highest BCUT2D eigenvalue weighted by Crippen LogP contribution is 2.21. The van der Waals surface area contributed by atoms with Crippen LogP contribution in [0.3, 0.4) is 0 Å². The zero-order chi connectivity index (χ0) is 24.9. The summed E-state index contributed by atoms with van der Waals surface area (Å²) in [6.45, 7) is -0.434. The average molecular weight is 491 g/mol. The summed E-state index contributed by atoms with van der Waals surface area (Å²) in [7, 11) is 0. The van der Waals surface area contributed by atoms with Gasteiger partial charge >= 0.3 is 12.4 Å². The summed E-state index contributed by atoms with van der Waals surface area (Å²) in [5, 5.41) is 12.8. The number of carbonyl (C=O) groups is 2. The highest BCUT2D eigenvalue weighted by Gasteiger charge is 2.28. The normalized spacial score (nSPS) is 12.2. The van der Waals surface area contributed by atoms with Crippen LogP contribution < -0.4 is 10.6 Å². The topological polar surface area (TPSA) is 106 Å². The second kappa shape index (κ2) is 10.1. The molecule has 0 aliphatic carbocycles. The molecule has 15 heteroatoms. The number of alkyl halides is 6. The minimum atomic E-state index is -4.41. The maximum atomic E-state index is 12.3. The number of hydrogen-bond donors (Lipinski definition) is 2.